The van der Waals surface area contributed by atoms with Crippen LogP contribution in [0.5, 0.6) is 5.75 Å². The molecule has 1 atom stereocenters. The van der Waals surface area contributed by atoms with Crippen LogP contribution in [0, 0.1) is 0 Å². The van der Waals surface area contributed by atoms with Crippen LogP contribution in [0.1, 0.15) is 35.3 Å². The Kier molecular flexibility index (Phi) is 7.46. The van der Waals surface area contributed by atoms with Crippen LogP contribution >= 0.6 is 11.6 Å². The van der Waals surface area contributed by atoms with Crippen molar-refractivity contribution >= 4 is 29.1 Å². The fourth-order valence-electron chi connectivity index (χ4n) is 3.06. The number of carbonyl (C=O) groups excluding carboxylic acids is 2. The number of nitrogens with one attached hydrogen (secondary N) is 2. The van der Waals surface area contributed by atoms with E-state index in [1.807, 2.05) is 49.4 Å². The Morgan fingerprint density at radius 1 is 0.933 bits per heavy atom. The number of hydrogen-bond donors (Lipinski definition) is 2. The minimum atomic E-state index is -0.519. The van der Waals surface area contributed by atoms with Crippen molar-refractivity contribution in [3.8, 4) is 5.75 Å². The molecule has 6 heteroatoms. The van der Waals surface area contributed by atoms with Gasteiger partial charge in [-0.1, -0.05) is 66.2 Å². The number of benzene rings is 3. The Bertz CT molecular complexity index is 1010. The van der Waals surface area contributed by atoms with Gasteiger partial charge in [-0.25, -0.2) is 0 Å². The van der Waals surface area contributed by atoms with E-state index in [0.717, 1.165) is 5.56 Å². The molecule has 0 saturated heterocycles. The Morgan fingerprint density at radius 2 is 1.60 bits per heavy atom. The number of ether oxygens (including phenoxy) is 1. The van der Waals surface area contributed by atoms with Gasteiger partial charge in [-0.05, 0) is 36.8 Å². The summed E-state index contributed by atoms with van der Waals surface area (Å²) in [5.74, 6) is 0.0251. The third-order valence-electron chi connectivity index (χ3n) is 4.48. The van der Waals surface area contributed by atoms with Gasteiger partial charge in [0.05, 0.1) is 35.3 Å². The summed E-state index contributed by atoms with van der Waals surface area (Å²) in [5.41, 5.74) is 1.78. The summed E-state index contributed by atoms with van der Waals surface area (Å²) in [6, 6.07) is 22.9. The third-order valence-corrected chi connectivity index (χ3v) is 4.81. The number of rotatable bonds is 8. The van der Waals surface area contributed by atoms with Crippen molar-refractivity contribution in [1.82, 2.24) is 5.32 Å². The van der Waals surface area contributed by atoms with Crippen LogP contribution in [0.3, 0.4) is 0 Å². The van der Waals surface area contributed by atoms with E-state index in [1.165, 1.54) is 0 Å². The maximum atomic E-state index is 12.8. The second-order valence-corrected chi connectivity index (χ2v) is 7.01. The zero-order valence-electron chi connectivity index (χ0n) is 16.6. The number of anilines is 1. The van der Waals surface area contributed by atoms with Gasteiger partial charge in [-0.15, -0.1) is 0 Å². The van der Waals surface area contributed by atoms with E-state index in [2.05, 4.69) is 10.6 Å². The maximum Gasteiger partial charge on any atom is 0.253 e. The van der Waals surface area contributed by atoms with Crippen LogP contribution in [-0.4, -0.2) is 18.4 Å². The molecule has 0 bridgehead atoms. The molecule has 0 spiro atoms. The van der Waals surface area contributed by atoms with Crippen LogP contribution in [0.2, 0.25) is 5.02 Å². The average molecular weight is 423 g/mol. The molecule has 0 aliphatic rings. The predicted molar refractivity (Wildman–Crippen MR) is 119 cm³/mol. The number of para-hydroxylation sites is 2. The molecule has 2 N–H and O–H groups in total. The minimum absolute atomic E-state index is 0.0562. The van der Waals surface area contributed by atoms with Crippen LogP contribution in [-0.2, 0) is 4.79 Å². The number of carbonyl (C=O) groups is 2. The molecule has 0 heterocycles. The first kappa shape index (κ1) is 21.4. The molecular formula is C24H23ClN2O3. The van der Waals surface area contributed by atoms with Crippen LogP contribution < -0.4 is 15.4 Å². The smallest absolute Gasteiger partial charge is 0.253 e. The maximum absolute atomic E-state index is 12.8. The fraction of sp³-hybridized carbons (Fsp3) is 0.167. The molecule has 3 rings (SSSR count). The molecule has 30 heavy (non-hydrogen) atoms. The normalized spacial score (nSPS) is 11.4. The van der Waals surface area contributed by atoms with Crippen LogP contribution in [0.25, 0.3) is 0 Å². The molecular weight excluding hydrogens is 400 g/mol. The number of amides is 2. The Balaban J connectivity index is 1.77. The summed E-state index contributed by atoms with van der Waals surface area (Å²) in [6.07, 6.45) is 0.0562. The highest BCUT2D eigenvalue weighted by atomic mass is 35.5. The second kappa shape index (κ2) is 10.5. The van der Waals surface area contributed by atoms with Gasteiger partial charge in [0.1, 0.15) is 5.75 Å². The van der Waals surface area contributed by atoms with Gasteiger partial charge in [0.25, 0.3) is 5.91 Å². The molecule has 0 aromatic heterocycles. The van der Waals surface area contributed by atoms with Gasteiger partial charge in [0, 0.05) is 0 Å². The highest BCUT2D eigenvalue weighted by Gasteiger charge is 2.21. The summed E-state index contributed by atoms with van der Waals surface area (Å²) in [4.78, 5) is 25.6. The van der Waals surface area contributed by atoms with Gasteiger partial charge in [0.15, 0.2) is 0 Å². The summed E-state index contributed by atoms with van der Waals surface area (Å²) >= 11 is 6.15. The first-order valence-electron chi connectivity index (χ1n) is 9.70. The Hall–Kier alpha value is -3.31. The molecule has 0 aliphatic carbocycles. The first-order chi connectivity index (χ1) is 14.6. The van der Waals surface area contributed by atoms with Gasteiger partial charge in [-0.2, -0.15) is 0 Å². The van der Waals surface area contributed by atoms with Crippen molar-refractivity contribution in [2.24, 2.45) is 0 Å². The van der Waals surface area contributed by atoms with E-state index >= 15 is 0 Å². The van der Waals surface area contributed by atoms with E-state index in [1.54, 1.807) is 36.4 Å². The molecule has 0 fully saturated rings. The first-order valence-corrected chi connectivity index (χ1v) is 10.1. The van der Waals surface area contributed by atoms with Gasteiger partial charge in [-0.3, -0.25) is 9.59 Å². The lowest BCUT2D eigenvalue weighted by Gasteiger charge is -2.20. The molecule has 3 aromatic carbocycles. The summed E-state index contributed by atoms with van der Waals surface area (Å²) in [6.45, 7) is 2.38. The second-order valence-electron chi connectivity index (χ2n) is 6.60. The summed E-state index contributed by atoms with van der Waals surface area (Å²) in [5, 5.41) is 6.17. The topological polar surface area (TPSA) is 67.4 Å². The lowest BCUT2D eigenvalue weighted by atomic mass is 10.0. The van der Waals surface area contributed by atoms with Crippen LogP contribution in [0.4, 0.5) is 5.69 Å². The summed E-state index contributed by atoms with van der Waals surface area (Å²) in [7, 11) is 0. The Labute approximate surface area is 181 Å². The van der Waals surface area contributed by atoms with Crippen LogP contribution in [0.15, 0.2) is 78.9 Å². The predicted octanol–water partition coefficient (Wildman–Crippen LogP) is 5.24. The van der Waals surface area contributed by atoms with Crippen molar-refractivity contribution in [1.29, 1.82) is 0 Å². The molecule has 0 saturated carbocycles. The van der Waals surface area contributed by atoms with Crippen molar-refractivity contribution < 1.29 is 14.3 Å². The van der Waals surface area contributed by atoms with E-state index in [-0.39, 0.29) is 18.2 Å². The lowest BCUT2D eigenvalue weighted by Crippen LogP contribution is -2.31. The fourth-order valence-corrected chi connectivity index (χ4v) is 3.28. The van der Waals surface area contributed by atoms with Crippen molar-refractivity contribution in [3.63, 3.8) is 0 Å². The molecule has 0 aliphatic heterocycles. The monoisotopic (exact) mass is 422 g/mol. The van der Waals surface area contributed by atoms with E-state index in [9.17, 15) is 9.59 Å². The van der Waals surface area contributed by atoms with Gasteiger partial charge < -0.3 is 15.4 Å². The van der Waals surface area contributed by atoms with Crippen molar-refractivity contribution in [2.75, 3.05) is 11.9 Å². The quantitative estimate of drug-likeness (QED) is 0.521. The summed E-state index contributed by atoms with van der Waals surface area (Å²) < 4.78 is 5.56. The minimum Gasteiger partial charge on any atom is -0.492 e. The molecule has 154 valence electrons. The van der Waals surface area contributed by atoms with Crippen molar-refractivity contribution in [2.45, 2.75) is 19.4 Å². The standard InChI is InChI=1S/C24H23ClN2O3/c1-2-30-22-15-9-8-14-20(22)26-23(28)16-21(17-10-4-3-5-11-17)27-24(29)18-12-6-7-13-19(18)25/h3-15,21H,2,16H2,1H3,(H,26,28)(H,27,29)/t21-/m1/s1. The van der Waals surface area contributed by atoms with Crippen molar-refractivity contribution in [3.05, 3.63) is 95.0 Å². The molecule has 0 unspecified atom stereocenters. The largest absolute Gasteiger partial charge is 0.492 e. The van der Waals surface area contributed by atoms with Gasteiger partial charge >= 0.3 is 0 Å². The third kappa shape index (κ3) is 5.61. The lowest BCUT2D eigenvalue weighted by molar-refractivity contribution is -0.116. The molecule has 2 amide bonds. The highest BCUT2D eigenvalue weighted by molar-refractivity contribution is 6.33. The zero-order valence-corrected chi connectivity index (χ0v) is 17.4. The molecule has 3 aromatic rings. The van der Waals surface area contributed by atoms with E-state index in [0.29, 0.717) is 28.6 Å². The highest BCUT2D eigenvalue weighted by Crippen LogP contribution is 2.25. The molecule has 5 nitrogen and oxygen atoms in total. The molecule has 0 radical (unpaired) electrons. The van der Waals surface area contributed by atoms with E-state index < -0.39 is 6.04 Å². The number of halogens is 1. The van der Waals surface area contributed by atoms with Gasteiger partial charge in [0.2, 0.25) is 5.91 Å². The average Bonchev–Trinajstić information content (AvgIpc) is 2.75. The zero-order chi connectivity index (χ0) is 21.3. The SMILES string of the molecule is CCOc1ccccc1NC(=O)C[C@@H](NC(=O)c1ccccc1Cl)c1ccccc1. The Morgan fingerprint density at radius 3 is 2.33 bits per heavy atom. The number of hydrogen-bond acceptors (Lipinski definition) is 3. The van der Waals surface area contributed by atoms with E-state index in [4.69, 9.17) is 16.3 Å².